The second-order valence-electron chi connectivity index (χ2n) is 6.09. The zero-order chi connectivity index (χ0) is 17.5. The summed E-state index contributed by atoms with van der Waals surface area (Å²) in [5.74, 6) is 0.881. The number of nitrogens with zero attached hydrogens (tertiary/aromatic N) is 3. The maximum absolute atomic E-state index is 12.0. The van der Waals surface area contributed by atoms with Gasteiger partial charge in [0, 0.05) is 31.9 Å². The molecule has 0 atom stereocenters. The maximum Gasteiger partial charge on any atom is 0.315 e. The second kappa shape index (κ2) is 8.15. The number of hydrogen-bond donors (Lipinski definition) is 2. The van der Waals surface area contributed by atoms with Crippen LogP contribution in [0.4, 0.5) is 10.6 Å². The molecule has 25 heavy (non-hydrogen) atoms. The molecular formula is C19H21N5O. The molecule has 1 saturated heterocycles. The lowest BCUT2D eigenvalue weighted by molar-refractivity contribution is 0.234. The minimum Gasteiger partial charge on any atom is -0.356 e. The quantitative estimate of drug-likeness (QED) is 0.899. The molecule has 1 aromatic carbocycles. The Labute approximate surface area is 147 Å². The topological polar surface area (TPSA) is 81.0 Å². The van der Waals surface area contributed by atoms with Crippen LogP contribution in [0, 0.1) is 11.3 Å². The largest absolute Gasteiger partial charge is 0.356 e. The van der Waals surface area contributed by atoms with Crippen molar-refractivity contribution in [1.82, 2.24) is 15.6 Å². The Morgan fingerprint density at radius 1 is 1.20 bits per heavy atom. The van der Waals surface area contributed by atoms with Gasteiger partial charge in [-0.15, -0.1) is 0 Å². The van der Waals surface area contributed by atoms with E-state index >= 15 is 0 Å². The minimum absolute atomic E-state index is 0.126. The highest BCUT2D eigenvalue weighted by Crippen LogP contribution is 2.18. The first-order valence-corrected chi connectivity index (χ1v) is 8.44. The molecule has 0 spiro atoms. The van der Waals surface area contributed by atoms with Crippen LogP contribution in [0.25, 0.3) is 0 Å². The zero-order valence-electron chi connectivity index (χ0n) is 14.0. The summed E-state index contributed by atoms with van der Waals surface area (Å²) in [7, 11) is 0. The Hall–Kier alpha value is -3.07. The summed E-state index contributed by atoms with van der Waals surface area (Å²) in [5.41, 5.74) is 1.65. The summed E-state index contributed by atoms with van der Waals surface area (Å²) >= 11 is 0. The van der Waals surface area contributed by atoms with Gasteiger partial charge in [-0.3, -0.25) is 0 Å². The number of rotatable bonds is 4. The van der Waals surface area contributed by atoms with Crippen molar-refractivity contribution < 1.29 is 4.79 Å². The van der Waals surface area contributed by atoms with E-state index in [0.717, 1.165) is 37.3 Å². The van der Waals surface area contributed by atoms with E-state index in [1.54, 1.807) is 12.3 Å². The van der Waals surface area contributed by atoms with Crippen molar-refractivity contribution in [2.24, 2.45) is 0 Å². The molecule has 128 valence electrons. The summed E-state index contributed by atoms with van der Waals surface area (Å²) < 4.78 is 0. The number of urea groups is 1. The molecule has 6 heteroatoms. The average molecular weight is 335 g/mol. The molecule has 2 heterocycles. The van der Waals surface area contributed by atoms with Gasteiger partial charge in [0.1, 0.15) is 11.9 Å². The van der Waals surface area contributed by atoms with Gasteiger partial charge in [0.05, 0.1) is 5.56 Å². The van der Waals surface area contributed by atoms with Gasteiger partial charge in [-0.05, 0) is 30.5 Å². The number of benzene rings is 1. The number of pyridine rings is 1. The number of carbonyl (C=O) groups excluding carboxylic acids is 1. The van der Waals surface area contributed by atoms with Crippen LogP contribution in [0.1, 0.15) is 24.0 Å². The molecule has 2 amide bonds. The summed E-state index contributed by atoms with van der Waals surface area (Å²) in [4.78, 5) is 18.5. The standard InChI is InChI=1S/C19H21N5O/c20-12-16-6-7-18(21-14-16)24-10-8-17(9-11-24)23-19(25)22-13-15-4-2-1-3-5-15/h1-7,14,17H,8-11,13H2,(H2,22,23,25). The van der Waals surface area contributed by atoms with Crippen LogP contribution in [0.5, 0.6) is 0 Å². The fourth-order valence-corrected chi connectivity index (χ4v) is 2.91. The summed E-state index contributed by atoms with van der Waals surface area (Å²) in [6.07, 6.45) is 3.34. The number of aromatic nitrogens is 1. The first-order chi connectivity index (χ1) is 12.2. The van der Waals surface area contributed by atoms with Crippen molar-refractivity contribution >= 4 is 11.8 Å². The van der Waals surface area contributed by atoms with Crippen LogP contribution in [0.3, 0.4) is 0 Å². The van der Waals surface area contributed by atoms with Crippen LogP contribution >= 0.6 is 0 Å². The van der Waals surface area contributed by atoms with E-state index in [4.69, 9.17) is 5.26 Å². The van der Waals surface area contributed by atoms with E-state index in [0.29, 0.717) is 12.1 Å². The van der Waals surface area contributed by atoms with Crippen molar-refractivity contribution in [3.05, 3.63) is 59.8 Å². The number of nitrogens with one attached hydrogen (secondary N) is 2. The van der Waals surface area contributed by atoms with E-state index in [9.17, 15) is 4.79 Å². The molecule has 0 aliphatic carbocycles. The highest BCUT2D eigenvalue weighted by molar-refractivity contribution is 5.74. The van der Waals surface area contributed by atoms with Gasteiger partial charge in [0.2, 0.25) is 0 Å². The molecule has 2 aromatic rings. The third kappa shape index (κ3) is 4.70. The summed E-state index contributed by atoms with van der Waals surface area (Å²) in [5, 5.41) is 14.8. The molecular weight excluding hydrogens is 314 g/mol. The first kappa shape index (κ1) is 16.8. The lowest BCUT2D eigenvalue weighted by Gasteiger charge is -2.33. The number of hydrogen-bond acceptors (Lipinski definition) is 4. The van der Waals surface area contributed by atoms with Crippen LogP contribution < -0.4 is 15.5 Å². The van der Waals surface area contributed by atoms with Gasteiger partial charge in [-0.2, -0.15) is 5.26 Å². The predicted octanol–water partition coefficient (Wildman–Crippen LogP) is 2.42. The van der Waals surface area contributed by atoms with E-state index in [2.05, 4.69) is 26.6 Å². The van der Waals surface area contributed by atoms with E-state index in [1.807, 2.05) is 36.4 Å². The Morgan fingerprint density at radius 2 is 1.96 bits per heavy atom. The van der Waals surface area contributed by atoms with Gasteiger partial charge in [0.25, 0.3) is 0 Å². The lowest BCUT2D eigenvalue weighted by Crippen LogP contribution is -2.48. The Kier molecular flexibility index (Phi) is 5.47. The second-order valence-corrected chi connectivity index (χ2v) is 6.09. The smallest absolute Gasteiger partial charge is 0.315 e. The molecule has 0 unspecified atom stereocenters. The maximum atomic E-state index is 12.0. The molecule has 1 aliphatic rings. The molecule has 3 rings (SSSR count). The monoisotopic (exact) mass is 335 g/mol. The van der Waals surface area contributed by atoms with Crippen LogP contribution in [0.2, 0.25) is 0 Å². The van der Waals surface area contributed by atoms with E-state index in [1.165, 1.54) is 0 Å². The molecule has 0 saturated carbocycles. The molecule has 2 N–H and O–H groups in total. The Bertz CT molecular complexity index is 731. The Morgan fingerprint density at radius 3 is 2.60 bits per heavy atom. The highest BCUT2D eigenvalue weighted by Gasteiger charge is 2.21. The van der Waals surface area contributed by atoms with E-state index < -0.39 is 0 Å². The lowest BCUT2D eigenvalue weighted by atomic mass is 10.1. The molecule has 6 nitrogen and oxygen atoms in total. The van der Waals surface area contributed by atoms with Gasteiger partial charge < -0.3 is 15.5 Å². The van der Waals surface area contributed by atoms with Crippen molar-refractivity contribution in [1.29, 1.82) is 5.26 Å². The number of amides is 2. The van der Waals surface area contributed by atoms with Gasteiger partial charge >= 0.3 is 6.03 Å². The first-order valence-electron chi connectivity index (χ1n) is 8.44. The highest BCUT2D eigenvalue weighted by atomic mass is 16.2. The summed E-state index contributed by atoms with van der Waals surface area (Å²) in [6.45, 7) is 2.20. The predicted molar refractivity (Wildman–Crippen MR) is 96.0 cm³/mol. The summed E-state index contributed by atoms with van der Waals surface area (Å²) in [6, 6.07) is 15.6. The third-order valence-electron chi connectivity index (χ3n) is 4.33. The fraction of sp³-hybridized carbons (Fsp3) is 0.316. The van der Waals surface area contributed by atoms with Crippen LogP contribution in [-0.4, -0.2) is 30.1 Å². The molecule has 1 aliphatic heterocycles. The fourth-order valence-electron chi connectivity index (χ4n) is 2.91. The number of carbonyl (C=O) groups is 1. The third-order valence-corrected chi connectivity index (χ3v) is 4.33. The van der Waals surface area contributed by atoms with Crippen LogP contribution in [-0.2, 0) is 6.54 Å². The number of piperidine rings is 1. The number of anilines is 1. The molecule has 0 radical (unpaired) electrons. The number of nitriles is 1. The van der Waals surface area contributed by atoms with Crippen LogP contribution in [0.15, 0.2) is 48.7 Å². The van der Waals surface area contributed by atoms with Crippen molar-refractivity contribution in [3.8, 4) is 6.07 Å². The molecule has 1 aromatic heterocycles. The van der Waals surface area contributed by atoms with Gasteiger partial charge in [-0.25, -0.2) is 9.78 Å². The molecule has 1 fully saturated rings. The molecule has 0 bridgehead atoms. The van der Waals surface area contributed by atoms with Crippen molar-refractivity contribution in [3.63, 3.8) is 0 Å². The average Bonchev–Trinajstić information content (AvgIpc) is 2.68. The van der Waals surface area contributed by atoms with Gasteiger partial charge in [0.15, 0.2) is 0 Å². The minimum atomic E-state index is -0.126. The zero-order valence-corrected chi connectivity index (χ0v) is 14.0. The van der Waals surface area contributed by atoms with Crippen molar-refractivity contribution in [2.45, 2.75) is 25.4 Å². The van der Waals surface area contributed by atoms with Gasteiger partial charge in [-0.1, -0.05) is 30.3 Å². The van der Waals surface area contributed by atoms with Crippen molar-refractivity contribution in [2.75, 3.05) is 18.0 Å². The Balaban J connectivity index is 1.42. The van der Waals surface area contributed by atoms with E-state index in [-0.39, 0.29) is 12.1 Å². The SMILES string of the molecule is N#Cc1ccc(N2CCC(NC(=O)NCc3ccccc3)CC2)nc1. The normalized spacial score (nSPS) is 14.6.